The molecule has 2 aromatic heterocycles. The molecule has 1 saturated heterocycles. The van der Waals surface area contributed by atoms with E-state index >= 15 is 0 Å². The van der Waals surface area contributed by atoms with Gasteiger partial charge in [-0.3, -0.25) is 14.3 Å². The topological polar surface area (TPSA) is 74.5 Å². The minimum absolute atomic E-state index is 0.0729. The van der Waals surface area contributed by atoms with Crippen molar-refractivity contribution in [3.8, 4) is 0 Å². The summed E-state index contributed by atoms with van der Waals surface area (Å²) >= 11 is 1.76. The van der Waals surface area contributed by atoms with Crippen molar-refractivity contribution in [2.45, 2.75) is 20.0 Å². The van der Waals surface area contributed by atoms with E-state index in [4.69, 9.17) is 5.11 Å². The molecule has 3 heterocycles. The van der Waals surface area contributed by atoms with Crippen molar-refractivity contribution >= 4 is 27.9 Å². The summed E-state index contributed by atoms with van der Waals surface area (Å²) in [6.07, 6.45) is 3.49. The Balaban J connectivity index is 1.45. The van der Waals surface area contributed by atoms with Gasteiger partial charge in [0.2, 0.25) is 0 Å². The molecule has 0 amide bonds. The quantitative estimate of drug-likeness (QED) is 0.717. The van der Waals surface area contributed by atoms with Crippen LogP contribution in [0.3, 0.4) is 0 Å². The van der Waals surface area contributed by atoms with E-state index in [1.807, 2.05) is 31.3 Å². The first-order chi connectivity index (χ1) is 13.1. The first kappa shape index (κ1) is 18.1. The number of aryl methyl sites for hydroxylation is 1. The largest absolute Gasteiger partial charge is 0.395 e. The fourth-order valence-electron chi connectivity index (χ4n) is 3.47. The first-order valence-corrected chi connectivity index (χ1v) is 9.94. The smallest absolute Gasteiger partial charge is 0.261 e. The zero-order valence-electron chi connectivity index (χ0n) is 15.3. The Kier molecular flexibility index (Phi) is 5.20. The molecular weight excluding hydrogens is 362 g/mol. The molecule has 1 aliphatic rings. The van der Waals surface area contributed by atoms with Gasteiger partial charge in [0.15, 0.2) is 0 Å². The van der Waals surface area contributed by atoms with E-state index in [0.717, 1.165) is 43.4 Å². The maximum Gasteiger partial charge on any atom is 0.261 e. The van der Waals surface area contributed by atoms with Crippen LogP contribution >= 0.6 is 11.3 Å². The van der Waals surface area contributed by atoms with Gasteiger partial charge < -0.3 is 10.0 Å². The maximum atomic E-state index is 12.4. The molecule has 0 radical (unpaired) electrons. The Morgan fingerprint density at radius 2 is 2.00 bits per heavy atom. The second kappa shape index (κ2) is 7.75. The summed E-state index contributed by atoms with van der Waals surface area (Å²) in [5.74, 6) is 0. The molecule has 0 aliphatic carbocycles. The monoisotopic (exact) mass is 385 g/mol. The highest BCUT2D eigenvalue weighted by molar-refractivity contribution is 7.11. The van der Waals surface area contributed by atoms with Gasteiger partial charge >= 0.3 is 0 Å². The predicted molar refractivity (Wildman–Crippen MR) is 107 cm³/mol. The van der Waals surface area contributed by atoms with Gasteiger partial charge in [-0.15, -0.1) is 11.3 Å². The van der Waals surface area contributed by atoms with Crippen molar-refractivity contribution in [2.24, 2.45) is 0 Å². The number of hydrogen-bond donors (Lipinski definition) is 1. The summed E-state index contributed by atoms with van der Waals surface area (Å²) in [5.41, 5.74) is 1.70. The fourth-order valence-corrected chi connectivity index (χ4v) is 4.31. The van der Waals surface area contributed by atoms with Gasteiger partial charge in [0.1, 0.15) is 0 Å². The van der Waals surface area contributed by atoms with Crippen LogP contribution in [-0.2, 0) is 13.1 Å². The van der Waals surface area contributed by atoms with Crippen LogP contribution in [-0.4, -0.2) is 57.3 Å². The molecular formula is C19H23N5O2S. The van der Waals surface area contributed by atoms with Gasteiger partial charge in [0, 0.05) is 49.5 Å². The molecule has 0 atom stereocenters. The fraction of sp³-hybridized carbons (Fsp3) is 0.421. The molecule has 0 saturated carbocycles. The Morgan fingerprint density at radius 1 is 1.19 bits per heavy atom. The molecule has 4 rings (SSSR count). The number of rotatable bonds is 5. The van der Waals surface area contributed by atoms with Gasteiger partial charge in [0.05, 0.1) is 35.4 Å². The Hall–Kier alpha value is -2.29. The van der Waals surface area contributed by atoms with E-state index in [2.05, 4.69) is 19.8 Å². The van der Waals surface area contributed by atoms with E-state index in [0.29, 0.717) is 10.9 Å². The van der Waals surface area contributed by atoms with Crippen LogP contribution in [0.4, 0.5) is 5.69 Å². The van der Waals surface area contributed by atoms with Crippen molar-refractivity contribution in [2.75, 3.05) is 37.7 Å². The lowest BCUT2D eigenvalue weighted by atomic mass is 10.2. The summed E-state index contributed by atoms with van der Waals surface area (Å²) in [7, 11) is 0. The number of piperazine rings is 1. The van der Waals surface area contributed by atoms with Crippen molar-refractivity contribution in [1.29, 1.82) is 0 Å². The van der Waals surface area contributed by atoms with Crippen molar-refractivity contribution in [1.82, 2.24) is 19.4 Å². The van der Waals surface area contributed by atoms with Gasteiger partial charge in [-0.1, -0.05) is 0 Å². The molecule has 7 nitrogen and oxygen atoms in total. The Labute approximate surface area is 161 Å². The summed E-state index contributed by atoms with van der Waals surface area (Å²) in [5, 5.41) is 10.8. The highest BCUT2D eigenvalue weighted by atomic mass is 32.1. The SMILES string of the molecule is Cc1ncc(CN2CCN(c3ccc4c(=O)n(CCO)cnc4c3)CC2)s1. The molecule has 27 heavy (non-hydrogen) atoms. The number of anilines is 1. The van der Waals surface area contributed by atoms with Crippen LogP contribution in [0.5, 0.6) is 0 Å². The van der Waals surface area contributed by atoms with E-state index in [1.54, 1.807) is 11.3 Å². The average molecular weight is 385 g/mol. The highest BCUT2D eigenvalue weighted by Crippen LogP contribution is 2.22. The van der Waals surface area contributed by atoms with E-state index in [9.17, 15) is 4.79 Å². The van der Waals surface area contributed by atoms with Crippen LogP contribution in [0.15, 0.2) is 35.5 Å². The number of hydrogen-bond acceptors (Lipinski definition) is 7. The van der Waals surface area contributed by atoms with Crippen molar-refractivity contribution in [3.05, 3.63) is 51.0 Å². The number of nitrogens with zero attached hydrogens (tertiary/aromatic N) is 5. The molecule has 1 aliphatic heterocycles. The lowest BCUT2D eigenvalue weighted by molar-refractivity contribution is 0.252. The standard InChI is InChI=1S/C19H23N5O2S/c1-14-20-11-16(27-14)12-22-4-6-23(7-5-22)15-2-3-17-18(10-15)21-13-24(8-9-25)19(17)26/h2-3,10-11,13,25H,4-9,12H2,1H3. The number of thiazole rings is 1. The number of aliphatic hydroxyl groups is 1. The summed E-state index contributed by atoms with van der Waals surface area (Å²) in [6.45, 7) is 7.10. The molecule has 8 heteroatoms. The van der Waals surface area contributed by atoms with Crippen LogP contribution in [0.25, 0.3) is 10.9 Å². The maximum absolute atomic E-state index is 12.4. The van der Waals surface area contributed by atoms with Crippen molar-refractivity contribution in [3.63, 3.8) is 0 Å². The third-order valence-electron chi connectivity index (χ3n) is 4.94. The summed E-state index contributed by atoms with van der Waals surface area (Å²) in [4.78, 5) is 27.3. The van der Waals surface area contributed by atoms with Crippen LogP contribution in [0, 0.1) is 6.92 Å². The lowest BCUT2D eigenvalue weighted by Gasteiger charge is -2.35. The van der Waals surface area contributed by atoms with Gasteiger partial charge in [-0.2, -0.15) is 0 Å². The molecule has 0 spiro atoms. The number of benzene rings is 1. The highest BCUT2D eigenvalue weighted by Gasteiger charge is 2.18. The molecule has 0 unspecified atom stereocenters. The first-order valence-electron chi connectivity index (χ1n) is 9.13. The second-order valence-electron chi connectivity index (χ2n) is 6.78. The minimum atomic E-state index is -0.106. The third-order valence-corrected chi connectivity index (χ3v) is 5.83. The summed E-state index contributed by atoms with van der Waals surface area (Å²) in [6, 6.07) is 5.83. The Bertz CT molecular complexity index is 991. The van der Waals surface area contributed by atoms with Gasteiger partial charge in [-0.25, -0.2) is 9.97 Å². The van der Waals surface area contributed by atoms with E-state index in [1.165, 1.54) is 15.8 Å². The third kappa shape index (κ3) is 3.87. The van der Waals surface area contributed by atoms with E-state index < -0.39 is 0 Å². The number of fused-ring (bicyclic) bond motifs is 1. The molecule has 1 fully saturated rings. The number of aliphatic hydroxyl groups excluding tert-OH is 1. The summed E-state index contributed by atoms with van der Waals surface area (Å²) < 4.78 is 1.45. The van der Waals surface area contributed by atoms with Gasteiger partial charge in [0.25, 0.3) is 5.56 Å². The zero-order valence-corrected chi connectivity index (χ0v) is 16.2. The molecule has 1 N–H and O–H groups in total. The average Bonchev–Trinajstić information content (AvgIpc) is 3.09. The van der Waals surface area contributed by atoms with Crippen molar-refractivity contribution < 1.29 is 5.11 Å². The lowest BCUT2D eigenvalue weighted by Crippen LogP contribution is -2.45. The van der Waals surface area contributed by atoms with Crippen LogP contribution in [0.1, 0.15) is 9.88 Å². The molecule has 1 aromatic carbocycles. The van der Waals surface area contributed by atoms with E-state index in [-0.39, 0.29) is 18.7 Å². The molecule has 142 valence electrons. The number of aromatic nitrogens is 3. The Morgan fingerprint density at radius 3 is 2.70 bits per heavy atom. The minimum Gasteiger partial charge on any atom is -0.395 e. The van der Waals surface area contributed by atoms with Crippen LogP contribution < -0.4 is 10.5 Å². The predicted octanol–water partition coefficient (Wildman–Crippen LogP) is 1.48. The zero-order chi connectivity index (χ0) is 18.8. The second-order valence-corrected chi connectivity index (χ2v) is 8.10. The molecule has 0 bridgehead atoms. The van der Waals surface area contributed by atoms with Crippen LogP contribution in [0.2, 0.25) is 0 Å². The molecule has 3 aromatic rings. The normalized spacial score (nSPS) is 15.6. The van der Waals surface area contributed by atoms with Gasteiger partial charge in [-0.05, 0) is 25.1 Å².